The topological polar surface area (TPSA) is 57.7 Å². The van der Waals surface area contributed by atoms with Crippen LogP contribution in [-0.4, -0.2) is 29.2 Å². The maximum Gasteiger partial charge on any atom is 0.308 e. The Labute approximate surface area is 206 Å². The lowest BCUT2D eigenvalue weighted by atomic mass is 10.2. The van der Waals surface area contributed by atoms with Crippen molar-refractivity contribution in [3.8, 4) is 11.5 Å². The van der Waals surface area contributed by atoms with Crippen molar-refractivity contribution in [3.05, 3.63) is 47.3 Å². The van der Waals surface area contributed by atoms with Crippen molar-refractivity contribution in [1.29, 1.82) is 0 Å². The number of esters is 1. The van der Waals surface area contributed by atoms with Gasteiger partial charge in [-0.2, -0.15) is 0 Å². The fourth-order valence-corrected chi connectivity index (χ4v) is 3.89. The Hall–Kier alpha value is -0.430. The summed E-state index contributed by atoms with van der Waals surface area (Å²) >= 11 is 20.5. The lowest BCUT2D eigenvalue weighted by molar-refractivity contribution is -0.132. The Kier molecular flexibility index (Phi) is 11.9. The second kappa shape index (κ2) is 13.0. The predicted molar refractivity (Wildman–Crippen MR) is 132 cm³/mol. The van der Waals surface area contributed by atoms with E-state index in [4.69, 9.17) is 49.6 Å². The molecule has 28 heavy (non-hydrogen) atoms. The van der Waals surface area contributed by atoms with Crippen molar-refractivity contribution < 1.29 is 19.0 Å². The number of carbonyl (C=O) groups excluding carboxylic acids is 1. The molecule has 2 rings (SSSR count). The lowest BCUT2D eigenvalue weighted by Gasteiger charge is -2.10. The first-order valence-corrected chi connectivity index (χ1v) is 11.2. The second-order valence-electron chi connectivity index (χ2n) is 5.14. The molecule has 0 saturated heterocycles. The summed E-state index contributed by atoms with van der Waals surface area (Å²) in [5.74, 6) is 0.897. The average molecular weight is 668 g/mol. The fraction of sp³-hybridized carbons (Fsp3) is 0.278. The molecular formula is C18H17Cl2I2NO4S. The highest BCUT2D eigenvalue weighted by molar-refractivity contribution is 14.1. The molecule has 0 spiro atoms. The molecule has 1 heterocycles. The van der Waals surface area contributed by atoms with Crippen LogP contribution in [0.2, 0.25) is 10.2 Å². The van der Waals surface area contributed by atoms with Gasteiger partial charge in [-0.3, -0.25) is 4.79 Å². The molecule has 152 valence electrons. The summed E-state index contributed by atoms with van der Waals surface area (Å²) in [4.78, 5) is 14.6. The zero-order valence-electron chi connectivity index (χ0n) is 15.2. The van der Waals surface area contributed by atoms with Gasteiger partial charge in [0.05, 0.1) is 13.7 Å². The first kappa shape index (κ1) is 25.6. The minimum Gasteiger partial charge on any atom is -0.484 e. The van der Waals surface area contributed by atoms with Crippen molar-refractivity contribution in [2.45, 2.75) is 20.8 Å². The quantitative estimate of drug-likeness (QED) is 0.162. The maximum atomic E-state index is 10.7. The highest BCUT2D eigenvalue weighted by atomic mass is 127. The third kappa shape index (κ3) is 8.93. The van der Waals surface area contributed by atoms with Gasteiger partial charge in [0.15, 0.2) is 17.4 Å². The number of hydrogen-bond acceptors (Lipinski definition) is 6. The van der Waals surface area contributed by atoms with Gasteiger partial charge in [0.1, 0.15) is 10.9 Å². The molecule has 0 amide bonds. The number of ether oxygens (including phenoxy) is 3. The predicted octanol–water partition coefficient (Wildman–Crippen LogP) is 6.26. The van der Waals surface area contributed by atoms with Crippen molar-refractivity contribution >= 4 is 91.6 Å². The summed E-state index contributed by atoms with van der Waals surface area (Å²) in [6.45, 7) is 6.04. The second-order valence-corrected chi connectivity index (χ2v) is 8.63. The largest absolute Gasteiger partial charge is 0.484 e. The smallest absolute Gasteiger partial charge is 0.308 e. The molecule has 0 atom stereocenters. The average Bonchev–Trinajstić information content (AvgIpc) is 2.62. The van der Waals surface area contributed by atoms with E-state index >= 15 is 0 Å². The number of hydrogen-bond donors (Lipinski definition) is 0. The highest BCUT2D eigenvalue weighted by Crippen LogP contribution is 2.31. The molecule has 1 aromatic heterocycles. The standard InChI is InChI=1S/C11H13ClO2S.C7H4ClI2NO2/c1-3-13-11(15)7-14-10-5-4-9(12)6-8(10)2;1-3(12)13-6-4(9)2-11-7(8)5(6)10/h4-6H,3,7H2,1-2H3;2H,1H3. The molecule has 0 aliphatic heterocycles. The molecule has 1 aromatic carbocycles. The summed E-state index contributed by atoms with van der Waals surface area (Å²) in [7, 11) is 0. The third-order valence-electron chi connectivity index (χ3n) is 2.92. The number of aromatic nitrogens is 1. The number of halogens is 4. The van der Waals surface area contributed by atoms with Gasteiger partial charge in [0.2, 0.25) is 0 Å². The minimum absolute atomic E-state index is 0.297. The number of carbonyl (C=O) groups is 1. The van der Waals surface area contributed by atoms with Crippen LogP contribution >= 0.6 is 80.6 Å². The number of pyridine rings is 1. The molecule has 10 heteroatoms. The number of thiocarbonyl (C=S) groups is 1. The summed E-state index contributed by atoms with van der Waals surface area (Å²) in [5, 5.41) is 1.51. The molecule has 0 fully saturated rings. The molecule has 0 unspecified atom stereocenters. The zero-order valence-corrected chi connectivity index (χ0v) is 21.9. The van der Waals surface area contributed by atoms with E-state index in [0.717, 1.165) is 14.9 Å². The zero-order chi connectivity index (χ0) is 21.3. The molecule has 0 bridgehead atoms. The summed E-state index contributed by atoms with van der Waals surface area (Å²) < 4.78 is 17.0. The maximum absolute atomic E-state index is 10.7. The van der Waals surface area contributed by atoms with Crippen molar-refractivity contribution in [1.82, 2.24) is 4.98 Å². The van der Waals surface area contributed by atoms with Gasteiger partial charge in [-0.15, -0.1) is 0 Å². The van der Waals surface area contributed by atoms with E-state index in [1.165, 1.54) is 6.92 Å². The molecule has 2 aromatic rings. The molecule has 0 aliphatic carbocycles. The van der Waals surface area contributed by atoms with Gasteiger partial charge in [0.25, 0.3) is 0 Å². The van der Waals surface area contributed by atoms with Crippen LogP contribution in [0.3, 0.4) is 0 Å². The van der Waals surface area contributed by atoms with E-state index in [2.05, 4.69) is 4.98 Å². The molecule has 0 saturated carbocycles. The summed E-state index contributed by atoms with van der Waals surface area (Å²) in [6.07, 6.45) is 1.56. The van der Waals surface area contributed by atoms with Crippen LogP contribution in [0.25, 0.3) is 0 Å². The fourth-order valence-electron chi connectivity index (χ4n) is 1.78. The molecule has 0 aliphatic rings. The van der Waals surface area contributed by atoms with Gasteiger partial charge < -0.3 is 14.2 Å². The van der Waals surface area contributed by atoms with Crippen LogP contribution in [0.4, 0.5) is 0 Å². The van der Waals surface area contributed by atoms with Gasteiger partial charge in [-0.25, -0.2) is 4.98 Å². The number of rotatable bonds is 5. The molecule has 0 N–H and O–H groups in total. The van der Waals surface area contributed by atoms with E-state index in [1.807, 2.05) is 71.2 Å². The van der Waals surface area contributed by atoms with Crippen molar-refractivity contribution in [2.24, 2.45) is 0 Å². The molecule has 0 radical (unpaired) electrons. The van der Waals surface area contributed by atoms with Crippen LogP contribution in [0.1, 0.15) is 19.4 Å². The van der Waals surface area contributed by atoms with Crippen LogP contribution < -0.4 is 9.47 Å². The van der Waals surface area contributed by atoms with Gasteiger partial charge in [0, 0.05) is 18.1 Å². The number of aryl methyl sites for hydroxylation is 1. The van der Waals surface area contributed by atoms with Crippen LogP contribution in [0, 0.1) is 14.1 Å². The van der Waals surface area contributed by atoms with E-state index in [1.54, 1.807) is 12.3 Å². The Morgan fingerprint density at radius 1 is 1.29 bits per heavy atom. The lowest BCUT2D eigenvalue weighted by Crippen LogP contribution is -2.12. The first-order chi connectivity index (χ1) is 13.1. The Balaban J connectivity index is 0.000000283. The van der Waals surface area contributed by atoms with E-state index < -0.39 is 0 Å². The molecular weight excluding hydrogens is 651 g/mol. The summed E-state index contributed by atoms with van der Waals surface area (Å²) in [5.41, 5.74) is 0.988. The van der Waals surface area contributed by atoms with Crippen LogP contribution in [0.15, 0.2) is 24.4 Å². The summed E-state index contributed by atoms with van der Waals surface area (Å²) in [6, 6.07) is 5.46. The van der Waals surface area contributed by atoms with Crippen molar-refractivity contribution in [2.75, 3.05) is 13.2 Å². The first-order valence-electron chi connectivity index (χ1n) is 7.88. The number of nitrogens with zero attached hydrogens (tertiary/aromatic N) is 1. The van der Waals surface area contributed by atoms with Gasteiger partial charge >= 0.3 is 5.97 Å². The Morgan fingerprint density at radius 3 is 2.54 bits per heavy atom. The van der Waals surface area contributed by atoms with E-state index in [9.17, 15) is 4.79 Å². The van der Waals surface area contributed by atoms with E-state index in [0.29, 0.717) is 37.8 Å². The minimum atomic E-state index is -0.363. The van der Waals surface area contributed by atoms with Crippen molar-refractivity contribution in [3.63, 3.8) is 0 Å². The Morgan fingerprint density at radius 2 is 1.96 bits per heavy atom. The SMILES string of the molecule is CC(=O)Oc1c(I)cnc(Cl)c1I.CCOC(=S)COc1ccc(Cl)cc1C. The normalized spacial score (nSPS) is 9.82. The number of benzene rings is 1. The monoisotopic (exact) mass is 667 g/mol. The Bertz CT molecular complexity index is 853. The van der Waals surface area contributed by atoms with Gasteiger partial charge in [-0.05, 0) is 95.0 Å². The van der Waals surface area contributed by atoms with E-state index in [-0.39, 0.29) is 5.97 Å². The van der Waals surface area contributed by atoms with Gasteiger partial charge in [-0.1, -0.05) is 23.2 Å². The third-order valence-corrected chi connectivity index (χ3v) is 5.77. The van der Waals surface area contributed by atoms with Crippen LogP contribution in [-0.2, 0) is 9.53 Å². The molecule has 5 nitrogen and oxygen atoms in total. The highest BCUT2D eigenvalue weighted by Gasteiger charge is 2.12. The van der Waals surface area contributed by atoms with Crippen LogP contribution in [0.5, 0.6) is 11.5 Å².